The molecular weight excluding hydrogens is 455 g/mol. The Labute approximate surface area is 191 Å². The van der Waals surface area contributed by atoms with E-state index in [4.69, 9.17) is 16.3 Å². The Morgan fingerprint density at radius 3 is 2.41 bits per heavy atom. The third kappa shape index (κ3) is 5.99. The molecule has 0 aliphatic carbocycles. The Hall–Kier alpha value is -3.10. The van der Waals surface area contributed by atoms with Crippen molar-refractivity contribution < 1.29 is 22.3 Å². The van der Waals surface area contributed by atoms with Gasteiger partial charge >= 0.3 is 0 Å². The zero-order chi connectivity index (χ0) is 23.3. The van der Waals surface area contributed by atoms with E-state index in [-0.39, 0.29) is 22.4 Å². The molecule has 0 saturated heterocycles. The van der Waals surface area contributed by atoms with Gasteiger partial charge in [-0.15, -0.1) is 0 Å². The van der Waals surface area contributed by atoms with Crippen LogP contribution in [0.25, 0.3) is 0 Å². The van der Waals surface area contributed by atoms with E-state index in [1.165, 1.54) is 43.5 Å². The van der Waals surface area contributed by atoms with Crippen LogP contribution in [0, 0.1) is 11.7 Å². The number of amides is 1. The maximum Gasteiger partial charge on any atom is 0.265 e. The third-order valence-electron chi connectivity index (χ3n) is 4.70. The summed E-state index contributed by atoms with van der Waals surface area (Å²) in [5, 5.41) is 3.19. The molecule has 9 heteroatoms. The molecule has 32 heavy (non-hydrogen) atoms. The van der Waals surface area contributed by atoms with Crippen molar-refractivity contribution in [3.8, 4) is 5.75 Å². The van der Waals surface area contributed by atoms with Crippen LogP contribution in [0.15, 0.2) is 71.6 Å². The molecule has 3 aromatic carbocycles. The molecule has 0 spiro atoms. The highest BCUT2D eigenvalue weighted by molar-refractivity contribution is 7.92. The minimum Gasteiger partial charge on any atom is -0.495 e. The summed E-state index contributed by atoms with van der Waals surface area (Å²) in [5.74, 6) is -1.04. The van der Waals surface area contributed by atoms with Gasteiger partial charge in [-0.1, -0.05) is 30.7 Å². The van der Waals surface area contributed by atoms with Gasteiger partial charge in [0.1, 0.15) is 16.5 Å². The molecule has 1 amide bonds. The number of anilines is 2. The second-order valence-electron chi connectivity index (χ2n) is 7.20. The maximum absolute atomic E-state index is 13.4. The fraction of sp³-hybridized carbons (Fsp3) is 0.174. The molecule has 0 bridgehead atoms. The van der Waals surface area contributed by atoms with Crippen molar-refractivity contribution in [1.29, 1.82) is 0 Å². The molecule has 0 heterocycles. The molecule has 0 saturated carbocycles. The Morgan fingerprint density at radius 1 is 1.06 bits per heavy atom. The minimum atomic E-state index is -4.01. The van der Waals surface area contributed by atoms with Gasteiger partial charge < -0.3 is 10.1 Å². The van der Waals surface area contributed by atoms with Crippen molar-refractivity contribution in [2.24, 2.45) is 5.92 Å². The van der Waals surface area contributed by atoms with E-state index in [0.29, 0.717) is 28.4 Å². The Bertz CT molecular complexity index is 1220. The number of rotatable bonds is 8. The van der Waals surface area contributed by atoms with Crippen molar-refractivity contribution in [3.05, 3.63) is 83.1 Å². The van der Waals surface area contributed by atoms with Gasteiger partial charge in [0.2, 0.25) is 5.91 Å². The minimum absolute atomic E-state index is 0.122. The Morgan fingerprint density at radius 2 is 1.75 bits per heavy atom. The van der Waals surface area contributed by atoms with E-state index >= 15 is 0 Å². The fourth-order valence-electron chi connectivity index (χ4n) is 3.07. The van der Waals surface area contributed by atoms with Gasteiger partial charge in [-0.05, 0) is 66.6 Å². The lowest BCUT2D eigenvalue weighted by Crippen LogP contribution is -2.22. The summed E-state index contributed by atoms with van der Waals surface area (Å²) in [7, 11) is -2.65. The predicted octanol–water partition coefficient (Wildman–Crippen LogP) is 5.11. The van der Waals surface area contributed by atoms with Gasteiger partial charge in [0.05, 0.1) is 7.11 Å². The normalized spacial score (nSPS) is 12.1. The molecule has 1 atom stereocenters. The molecule has 3 rings (SSSR count). The Kier molecular flexibility index (Phi) is 7.37. The molecule has 0 aliphatic rings. The highest BCUT2D eigenvalue weighted by atomic mass is 35.5. The van der Waals surface area contributed by atoms with Crippen LogP contribution in [-0.4, -0.2) is 21.4 Å². The molecule has 3 aromatic rings. The summed E-state index contributed by atoms with van der Waals surface area (Å²) in [6.45, 7) is 1.71. The average Bonchev–Trinajstić information content (AvgIpc) is 2.75. The number of methoxy groups -OCH3 is 1. The highest BCUT2D eigenvalue weighted by Crippen LogP contribution is 2.29. The van der Waals surface area contributed by atoms with E-state index < -0.39 is 15.9 Å². The molecule has 1 unspecified atom stereocenters. The van der Waals surface area contributed by atoms with E-state index in [9.17, 15) is 17.6 Å². The van der Waals surface area contributed by atoms with Crippen LogP contribution in [0.5, 0.6) is 5.75 Å². The van der Waals surface area contributed by atoms with Gasteiger partial charge in [-0.3, -0.25) is 9.52 Å². The van der Waals surface area contributed by atoms with Crippen molar-refractivity contribution >= 4 is 38.9 Å². The Balaban J connectivity index is 1.79. The molecule has 6 nitrogen and oxygen atoms in total. The van der Waals surface area contributed by atoms with E-state index in [1.54, 1.807) is 37.3 Å². The van der Waals surface area contributed by atoms with Gasteiger partial charge in [-0.25, -0.2) is 12.8 Å². The summed E-state index contributed by atoms with van der Waals surface area (Å²) < 4.78 is 46.9. The highest BCUT2D eigenvalue weighted by Gasteiger charge is 2.22. The molecule has 0 radical (unpaired) electrons. The number of ether oxygens (including phenoxy) is 1. The van der Waals surface area contributed by atoms with Gasteiger partial charge in [0, 0.05) is 22.3 Å². The second kappa shape index (κ2) is 10.0. The summed E-state index contributed by atoms with van der Waals surface area (Å²) in [4.78, 5) is 12.5. The number of nitrogens with one attached hydrogen (secondary N) is 2. The van der Waals surface area contributed by atoms with Crippen molar-refractivity contribution in [1.82, 2.24) is 0 Å². The summed E-state index contributed by atoms with van der Waals surface area (Å²) in [6, 6.07) is 16.6. The first-order valence-corrected chi connectivity index (χ1v) is 11.6. The second-order valence-corrected chi connectivity index (χ2v) is 9.29. The molecule has 168 valence electrons. The molecule has 0 aliphatic heterocycles. The van der Waals surface area contributed by atoms with Crippen LogP contribution < -0.4 is 14.8 Å². The maximum atomic E-state index is 13.4. The van der Waals surface area contributed by atoms with E-state index in [1.807, 2.05) is 0 Å². The van der Waals surface area contributed by atoms with Crippen molar-refractivity contribution in [2.75, 3.05) is 17.1 Å². The quantitative estimate of drug-likeness (QED) is 0.473. The molecule has 2 N–H and O–H groups in total. The number of sulfonamides is 1. The lowest BCUT2D eigenvalue weighted by atomic mass is 10.0. The summed E-state index contributed by atoms with van der Waals surface area (Å²) in [6.07, 6.45) is 0.336. The number of benzene rings is 3. The van der Waals surface area contributed by atoms with Gasteiger partial charge in [-0.2, -0.15) is 0 Å². The smallest absolute Gasteiger partial charge is 0.265 e. The van der Waals surface area contributed by atoms with Crippen molar-refractivity contribution in [3.63, 3.8) is 0 Å². The van der Waals surface area contributed by atoms with Crippen LogP contribution in [0.3, 0.4) is 0 Å². The van der Waals surface area contributed by atoms with Crippen molar-refractivity contribution in [2.45, 2.75) is 18.2 Å². The number of carbonyl (C=O) groups is 1. The lowest BCUT2D eigenvalue weighted by Gasteiger charge is -2.15. The first-order chi connectivity index (χ1) is 15.2. The largest absolute Gasteiger partial charge is 0.495 e. The standard InChI is InChI=1S/C23H22ClFN2O4S/c1-15(12-16-4-3-5-18(25)13-16)23(28)26-20-10-11-21(31-2)22(14-20)32(29,30)27-19-8-6-17(24)7-9-19/h3-11,13-15,27H,12H2,1-2H3,(H,26,28). The average molecular weight is 477 g/mol. The first kappa shape index (κ1) is 23.6. The van der Waals surface area contributed by atoms with E-state index in [0.717, 1.165) is 0 Å². The number of hydrogen-bond donors (Lipinski definition) is 2. The van der Waals surface area contributed by atoms with Crippen LogP contribution >= 0.6 is 11.6 Å². The molecular formula is C23H22ClFN2O4S. The van der Waals surface area contributed by atoms with Crippen LogP contribution in [0.1, 0.15) is 12.5 Å². The number of hydrogen-bond acceptors (Lipinski definition) is 4. The van der Waals surface area contributed by atoms with Crippen LogP contribution in [0.4, 0.5) is 15.8 Å². The number of halogens is 2. The van der Waals surface area contributed by atoms with Crippen LogP contribution in [-0.2, 0) is 21.2 Å². The zero-order valence-corrected chi connectivity index (χ0v) is 19.0. The van der Waals surface area contributed by atoms with Gasteiger partial charge in [0.25, 0.3) is 10.0 Å². The predicted molar refractivity (Wildman–Crippen MR) is 123 cm³/mol. The van der Waals surface area contributed by atoms with E-state index in [2.05, 4.69) is 10.0 Å². The lowest BCUT2D eigenvalue weighted by molar-refractivity contribution is -0.119. The number of carbonyl (C=O) groups excluding carboxylic acids is 1. The van der Waals surface area contributed by atoms with Crippen LogP contribution in [0.2, 0.25) is 5.02 Å². The third-order valence-corrected chi connectivity index (χ3v) is 6.35. The van der Waals surface area contributed by atoms with Gasteiger partial charge in [0.15, 0.2) is 0 Å². The summed E-state index contributed by atoms with van der Waals surface area (Å²) >= 11 is 5.85. The fourth-order valence-corrected chi connectivity index (χ4v) is 4.45. The SMILES string of the molecule is COc1ccc(NC(=O)C(C)Cc2cccc(F)c2)cc1S(=O)(=O)Nc1ccc(Cl)cc1. The summed E-state index contributed by atoms with van der Waals surface area (Å²) in [5.41, 5.74) is 1.31. The monoisotopic (exact) mass is 476 g/mol. The molecule has 0 fully saturated rings. The zero-order valence-electron chi connectivity index (χ0n) is 17.4. The first-order valence-electron chi connectivity index (χ1n) is 9.69. The topological polar surface area (TPSA) is 84.5 Å². The molecule has 0 aromatic heterocycles.